The third-order valence-corrected chi connectivity index (χ3v) is 5.40. The van der Waals surface area contributed by atoms with Crippen molar-refractivity contribution >= 4 is 11.9 Å². The number of hydrogen-bond donors (Lipinski definition) is 2. The molecule has 0 spiro atoms. The van der Waals surface area contributed by atoms with Crippen molar-refractivity contribution in [2.24, 2.45) is 4.99 Å². The van der Waals surface area contributed by atoms with Crippen molar-refractivity contribution in [1.82, 2.24) is 20.4 Å². The first kappa shape index (κ1) is 23.2. The normalized spacial score (nSPS) is 18.5. The maximum atomic E-state index is 12.3. The highest BCUT2D eigenvalue weighted by atomic mass is 16.2. The van der Waals surface area contributed by atoms with E-state index in [2.05, 4.69) is 59.7 Å². The number of guanidine groups is 1. The van der Waals surface area contributed by atoms with Gasteiger partial charge in [-0.3, -0.25) is 14.7 Å². The first-order chi connectivity index (χ1) is 14.0. The number of hydrogen-bond acceptors (Lipinski definition) is 3. The molecule has 1 fully saturated rings. The lowest BCUT2D eigenvalue weighted by Gasteiger charge is -2.25. The van der Waals surface area contributed by atoms with Crippen LogP contribution < -0.4 is 10.6 Å². The minimum atomic E-state index is 0.0540. The Balaban J connectivity index is 1.75. The van der Waals surface area contributed by atoms with Gasteiger partial charge < -0.3 is 15.5 Å². The molecule has 6 heteroatoms. The molecule has 6 nitrogen and oxygen atoms in total. The minimum Gasteiger partial charge on any atom is -0.357 e. The van der Waals surface area contributed by atoms with Crippen LogP contribution >= 0.6 is 0 Å². The summed E-state index contributed by atoms with van der Waals surface area (Å²) in [4.78, 5) is 21.1. The number of nitrogens with one attached hydrogen (secondary N) is 2. The van der Waals surface area contributed by atoms with Crippen LogP contribution in [0.1, 0.15) is 45.1 Å². The molecule has 1 aromatic carbocycles. The second-order valence-corrected chi connectivity index (χ2v) is 8.11. The van der Waals surface area contributed by atoms with Crippen molar-refractivity contribution in [3.8, 4) is 0 Å². The third kappa shape index (κ3) is 8.05. The highest BCUT2D eigenvalue weighted by Gasteiger charge is 2.30. The third-order valence-electron chi connectivity index (χ3n) is 5.40. The van der Waals surface area contributed by atoms with Crippen LogP contribution in [0.5, 0.6) is 0 Å². The smallest absolute Gasteiger partial charge is 0.239 e. The van der Waals surface area contributed by atoms with E-state index < -0.39 is 0 Å². The van der Waals surface area contributed by atoms with Gasteiger partial charge in [0.2, 0.25) is 5.91 Å². The van der Waals surface area contributed by atoms with Gasteiger partial charge in [-0.05, 0) is 58.1 Å². The molecule has 1 aliphatic heterocycles. The van der Waals surface area contributed by atoms with Crippen LogP contribution in [-0.2, 0) is 11.2 Å². The van der Waals surface area contributed by atoms with Crippen molar-refractivity contribution in [2.75, 3.05) is 40.3 Å². The van der Waals surface area contributed by atoms with Crippen molar-refractivity contribution in [2.45, 2.75) is 58.0 Å². The van der Waals surface area contributed by atoms with Crippen LogP contribution in [0.4, 0.5) is 0 Å². The Kier molecular flexibility index (Phi) is 9.98. The number of benzene rings is 1. The molecule has 0 radical (unpaired) electrons. The van der Waals surface area contributed by atoms with Gasteiger partial charge in [0.1, 0.15) is 0 Å². The molecule has 2 rings (SSSR count). The van der Waals surface area contributed by atoms with E-state index in [-0.39, 0.29) is 11.9 Å². The summed E-state index contributed by atoms with van der Waals surface area (Å²) in [7, 11) is 3.69. The SMILES string of the molecule is CCNC(=NCCCN1CCCC1C(=O)N(C)C)NC(C)CCc1ccccc1. The molecule has 1 heterocycles. The summed E-state index contributed by atoms with van der Waals surface area (Å²) in [6.45, 7) is 7.85. The number of rotatable bonds is 10. The van der Waals surface area contributed by atoms with Gasteiger partial charge in [-0.15, -0.1) is 0 Å². The molecule has 0 aliphatic carbocycles. The van der Waals surface area contributed by atoms with Gasteiger partial charge in [-0.25, -0.2) is 0 Å². The number of likely N-dealkylation sites (N-methyl/N-ethyl adjacent to an activating group) is 1. The number of carbonyl (C=O) groups is 1. The average molecular weight is 402 g/mol. The van der Waals surface area contributed by atoms with E-state index in [0.717, 1.165) is 64.2 Å². The second-order valence-electron chi connectivity index (χ2n) is 8.11. The summed E-state index contributed by atoms with van der Waals surface area (Å²) in [5, 5.41) is 6.87. The van der Waals surface area contributed by atoms with Crippen LogP contribution in [0.15, 0.2) is 35.3 Å². The van der Waals surface area contributed by atoms with Crippen molar-refractivity contribution in [3.63, 3.8) is 0 Å². The lowest BCUT2D eigenvalue weighted by Crippen LogP contribution is -2.43. The van der Waals surface area contributed by atoms with E-state index in [1.54, 1.807) is 4.90 Å². The molecule has 1 aromatic rings. The summed E-state index contributed by atoms with van der Waals surface area (Å²) in [5.41, 5.74) is 1.37. The molecular formula is C23H39N5O. The summed E-state index contributed by atoms with van der Waals surface area (Å²) in [5.74, 6) is 1.11. The fourth-order valence-electron chi connectivity index (χ4n) is 3.79. The lowest BCUT2D eigenvalue weighted by atomic mass is 10.1. The Morgan fingerprint density at radius 3 is 2.76 bits per heavy atom. The van der Waals surface area contributed by atoms with Gasteiger partial charge in [0.15, 0.2) is 5.96 Å². The highest BCUT2D eigenvalue weighted by Crippen LogP contribution is 2.18. The number of aliphatic imine (C=N–C) groups is 1. The molecule has 0 saturated carbocycles. The largest absolute Gasteiger partial charge is 0.357 e. The van der Waals surface area contributed by atoms with Gasteiger partial charge in [0.05, 0.1) is 6.04 Å². The summed E-state index contributed by atoms with van der Waals surface area (Å²) in [6.07, 6.45) is 5.17. The molecule has 2 N–H and O–H groups in total. The molecule has 2 unspecified atom stereocenters. The number of amides is 1. The maximum Gasteiger partial charge on any atom is 0.239 e. The number of nitrogens with zero attached hydrogens (tertiary/aromatic N) is 3. The van der Waals surface area contributed by atoms with Gasteiger partial charge in [0.25, 0.3) is 0 Å². The zero-order chi connectivity index (χ0) is 21.1. The summed E-state index contributed by atoms with van der Waals surface area (Å²) < 4.78 is 0. The van der Waals surface area contributed by atoms with E-state index in [1.165, 1.54) is 5.56 Å². The average Bonchev–Trinajstić information content (AvgIpc) is 3.18. The molecule has 1 saturated heterocycles. The van der Waals surface area contributed by atoms with Crippen molar-refractivity contribution in [1.29, 1.82) is 0 Å². The van der Waals surface area contributed by atoms with Crippen LogP contribution in [0.3, 0.4) is 0 Å². The molecule has 162 valence electrons. The van der Waals surface area contributed by atoms with Gasteiger partial charge >= 0.3 is 0 Å². The molecular weight excluding hydrogens is 362 g/mol. The number of likely N-dealkylation sites (tertiary alicyclic amines) is 1. The van der Waals surface area contributed by atoms with Crippen molar-refractivity contribution in [3.05, 3.63) is 35.9 Å². The zero-order valence-corrected chi connectivity index (χ0v) is 18.7. The second kappa shape index (κ2) is 12.5. The summed E-state index contributed by atoms with van der Waals surface area (Å²) in [6, 6.07) is 11.0. The van der Waals surface area contributed by atoms with E-state index >= 15 is 0 Å². The molecule has 1 amide bonds. The van der Waals surface area contributed by atoms with Crippen LogP contribution in [0.2, 0.25) is 0 Å². The standard InChI is InChI=1S/C23H39N5O/c1-5-24-23(26-19(2)14-15-20-11-7-6-8-12-20)25-16-10-18-28-17-9-13-21(28)22(29)27(3)4/h6-8,11-12,19,21H,5,9-10,13-18H2,1-4H3,(H2,24,25,26). The molecule has 0 bridgehead atoms. The molecule has 0 aromatic heterocycles. The predicted octanol–water partition coefficient (Wildman–Crippen LogP) is 2.51. The Bertz CT molecular complexity index is 631. The fraction of sp³-hybridized carbons (Fsp3) is 0.652. The van der Waals surface area contributed by atoms with Crippen molar-refractivity contribution < 1.29 is 4.79 Å². The monoisotopic (exact) mass is 401 g/mol. The maximum absolute atomic E-state index is 12.3. The van der Waals surface area contributed by atoms with E-state index in [9.17, 15) is 4.79 Å². The Morgan fingerprint density at radius 2 is 2.07 bits per heavy atom. The minimum absolute atomic E-state index is 0.0540. The quantitative estimate of drug-likeness (QED) is 0.359. The highest BCUT2D eigenvalue weighted by molar-refractivity contribution is 5.81. The number of carbonyl (C=O) groups excluding carboxylic acids is 1. The van der Waals surface area contributed by atoms with Crippen LogP contribution in [0.25, 0.3) is 0 Å². The van der Waals surface area contributed by atoms with Gasteiger partial charge in [-0.1, -0.05) is 30.3 Å². The zero-order valence-electron chi connectivity index (χ0n) is 18.7. The van der Waals surface area contributed by atoms with E-state index in [1.807, 2.05) is 14.1 Å². The molecule has 29 heavy (non-hydrogen) atoms. The van der Waals surface area contributed by atoms with Crippen LogP contribution in [0, 0.1) is 0 Å². The Morgan fingerprint density at radius 1 is 1.31 bits per heavy atom. The Labute approximate surface area is 176 Å². The molecule has 1 aliphatic rings. The fourth-order valence-corrected chi connectivity index (χ4v) is 3.79. The predicted molar refractivity (Wildman–Crippen MR) is 121 cm³/mol. The number of aryl methyl sites for hydroxylation is 1. The van der Waals surface area contributed by atoms with E-state index in [0.29, 0.717) is 6.04 Å². The lowest BCUT2D eigenvalue weighted by molar-refractivity contribution is -0.133. The van der Waals surface area contributed by atoms with Gasteiger partial charge in [-0.2, -0.15) is 0 Å². The first-order valence-electron chi connectivity index (χ1n) is 11.0. The molecule has 2 atom stereocenters. The first-order valence-corrected chi connectivity index (χ1v) is 11.0. The van der Waals surface area contributed by atoms with E-state index in [4.69, 9.17) is 4.99 Å². The Hall–Kier alpha value is -2.08. The summed E-state index contributed by atoms with van der Waals surface area (Å²) >= 11 is 0. The topological polar surface area (TPSA) is 60.0 Å². The van der Waals surface area contributed by atoms with Gasteiger partial charge in [0, 0.05) is 39.8 Å². The van der Waals surface area contributed by atoms with Crippen LogP contribution in [-0.4, -0.2) is 74.0 Å².